The van der Waals surface area contributed by atoms with Gasteiger partial charge in [-0.1, -0.05) is 12.2 Å². The molecule has 2 N–H and O–H groups in total. The maximum Gasteiger partial charge on any atom is 0.0762 e. The van der Waals surface area contributed by atoms with Crippen LogP contribution in [0.3, 0.4) is 0 Å². The van der Waals surface area contributed by atoms with Crippen LogP contribution in [0, 0.1) is 11.8 Å². The van der Waals surface area contributed by atoms with Crippen LogP contribution in [-0.2, 0) is 0 Å². The van der Waals surface area contributed by atoms with Gasteiger partial charge in [0.15, 0.2) is 0 Å². The van der Waals surface area contributed by atoms with Gasteiger partial charge in [0.05, 0.1) is 4.99 Å². The summed E-state index contributed by atoms with van der Waals surface area (Å²) in [5.74, 6) is 1.31. The zero-order valence-corrected chi connectivity index (χ0v) is 8.15. The number of thiocarbonyl (C=S) groups is 1. The van der Waals surface area contributed by atoms with Crippen molar-refractivity contribution in [2.45, 2.75) is 19.3 Å². The fourth-order valence-electron chi connectivity index (χ4n) is 2.55. The van der Waals surface area contributed by atoms with Crippen LogP contribution in [0.5, 0.6) is 0 Å². The lowest BCUT2D eigenvalue weighted by Gasteiger charge is -2.42. The molecule has 3 heteroatoms. The van der Waals surface area contributed by atoms with Gasteiger partial charge in [-0.05, 0) is 38.3 Å². The largest absolute Gasteiger partial charge is 0.393 e. The van der Waals surface area contributed by atoms with Gasteiger partial charge in [-0.2, -0.15) is 0 Å². The average molecular weight is 184 g/mol. The van der Waals surface area contributed by atoms with Gasteiger partial charge in [0.1, 0.15) is 0 Å². The van der Waals surface area contributed by atoms with Gasteiger partial charge in [0, 0.05) is 12.5 Å². The number of piperidine rings is 2. The fraction of sp³-hybridized carbons (Fsp3) is 0.889. The summed E-state index contributed by atoms with van der Waals surface area (Å²) in [6, 6.07) is 0. The monoisotopic (exact) mass is 184 g/mol. The van der Waals surface area contributed by atoms with Crippen LogP contribution < -0.4 is 5.73 Å². The highest BCUT2D eigenvalue weighted by Gasteiger charge is 2.33. The lowest BCUT2D eigenvalue weighted by Crippen LogP contribution is -2.47. The zero-order chi connectivity index (χ0) is 8.55. The summed E-state index contributed by atoms with van der Waals surface area (Å²) < 4.78 is 0. The van der Waals surface area contributed by atoms with Crippen molar-refractivity contribution in [3.63, 3.8) is 0 Å². The van der Waals surface area contributed by atoms with Crippen molar-refractivity contribution in [2.24, 2.45) is 17.6 Å². The van der Waals surface area contributed by atoms with Crippen molar-refractivity contribution < 1.29 is 0 Å². The molecule has 0 aliphatic carbocycles. The van der Waals surface area contributed by atoms with Crippen LogP contribution in [0.1, 0.15) is 19.3 Å². The molecule has 0 saturated carbocycles. The molecular formula is C9H16N2S. The van der Waals surface area contributed by atoms with E-state index >= 15 is 0 Å². The highest BCUT2D eigenvalue weighted by atomic mass is 32.1. The van der Waals surface area contributed by atoms with Crippen molar-refractivity contribution in [3.05, 3.63) is 0 Å². The molecule has 1 unspecified atom stereocenters. The van der Waals surface area contributed by atoms with E-state index < -0.39 is 0 Å². The Kier molecular flexibility index (Phi) is 2.33. The maximum atomic E-state index is 5.72. The van der Waals surface area contributed by atoms with Gasteiger partial charge in [0.25, 0.3) is 0 Å². The molecule has 2 nitrogen and oxygen atoms in total. The second-order valence-corrected chi connectivity index (χ2v) is 4.47. The third kappa shape index (κ3) is 1.48. The van der Waals surface area contributed by atoms with Crippen LogP contribution in [0.2, 0.25) is 0 Å². The SMILES string of the molecule is NC(=S)[C@@H]1CCN2CCC[C@H]1C2. The molecule has 0 aromatic carbocycles. The highest BCUT2D eigenvalue weighted by Crippen LogP contribution is 2.31. The van der Waals surface area contributed by atoms with E-state index in [9.17, 15) is 0 Å². The van der Waals surface area contributed by atoms with Crippen LogP contribution in [0.25, 0.3) is 0 Å². The summed E-state index contributed by atoms with van der Waals surface area (Å²) in [6.45, 7) is 3.74. The number of nitrogens with zero attached hydrogens (tertiary/aromatic N) is 1. The fourth-order valence-corrected chi connectivity index (χ4v) is 2.87. The molecule has 0 radical (unpaired) electrons. The number of nitrogens with two attached hydrogens (primary N) is 1. The van der Waals surface area contributed by atoms with Crippen LogP contribution in [-0.4, -0.2) is 29.5 Å². The number of rotatable bonds is 1. The molecule has 12 heavy (non-hydrogen) atoms. The Labute approximate surface area is 79.1 Å². The van der Waals surface area contributed by atoms with Crippen molar-refractivity contribution >= 4 is 17.2 Å². The minimum absolute atomic E-state index is 0.538. The molecule has 0 amide bonds. The third-order valence-corrected chi connectivity index (χ3v) is 3.54. The van der Waals surface area contributed by atoms with E-state index in [0.29, 0.717) is 5.92 Å². The van der Waals surface area contributed by atoms with Crippen LogP contribution in [0.15, 0.2) is 0 Å². The van der Waals surface area contributed by atoms with E-state index in [0.717, 1.165) is 10.9 Å². The Morgan fingerprint density at radius 1 is 1.33 bits per heavy atom. The maximum absolute atomic E-state index is 5.72. The van der Waals surface area contributed by atoms with E-state index in [-0.39, 0.29) is 0 Å². The first-order chi connectivity index (χ1) is 5.77. The lowest BCUT2D eigenvalue weighted by atomic mass is 9.80. The van der Waals surface area contributed by atoms with Gasteiger partial charge >= 0.3 is 0 Å². The third-order valence-electron chi connectivity index (χ3n) is 3.23. The van der Waals surface area contributed by atoms with Gasteiger partial charge in [-0.15, -0.1) is 0 Å². The summed E-state index contributed by atoms with van der Waals surface area (Å²) in [5, 5.41) is 0. The molecule has 2 rings (SSSR count). The zero-order valence-electron chi connectivity index (χ0n) is 7.33. The van der Waals surface area contributed by atoms with Crippen molar-refractivity contribution in [3.8, 4) is 0 Å². The quantitative estimate of drug-likeness (QED) is 0.617. The van der Waals surface area contributed by atoms with Crippen LogP contribution in [0.4, 0.5) is 0 Å². The summed E-state index contributed by atoms with van der Waals surface area (Å²) in [5.41, 5.74) is 5.72. The van der Waals surface area contributed by atoms with Gasteiger partial charge < -0.3 is 10.6 Å². The Bertz CT molecular complexity index is 193. The molecular weight excluding hydrogens is 168 g/mol. The Balaban J connectivity index is 2.04. The topological polar surface area (TPSA) is 29.3 Å². The predicted octanol–water partition coefficient (Wildman–Crippen LogP) is 1.00. The second-order valence-electron chi connectivity index (χ2n) is 4.00. The normalized spacial score (nSPS) is 40.8. The van der Waals surface area contributed by atoms with E-state index in [2.05, 4.69) is 4.90 Å². The summed E-state index contributed by atoms with van der Waals surface area (Å²) in [7, 11) is 0. The molecule has 0 aromatic rings. The second kappa shape index (κ2) is 3.30. The smallest absolute Gasteiger partial charge is 0.0762 e. The minimum Gasteiger partial charge on any atom is -0.393 e. The summed E-state index contributed by atoms with van der Waals surface area (Å²) in [4.78, 5) is 3.30. The summed E-state index contributed by atoms with van der Waals surface area (Å²) in [6.07, 6.45) is 3.86. The van der Waals surface area contributed by atoms with Crippen molar-refractivity contribution in [1.29, 1.82) is 0 Å². The molecule has 2 aliphatic rings. The standard InChI is InChI=1S/C9H16N2S/c10-9(12)8-3-5-11-4-1-2-7(8)6-11/h7-8H,1-6H2,(H2,10,12)/t7-,8+/m0/s1. The summed E-state index contributed by atoms with van der Waals surface area (Å²) >= 11 is 5.08. The first kappa shape index (κ1) is 8.45. The van der Waals surface area contributed by atoms with Gasteiger partial charge in [-0.25, -0.2) is 0 Å². The van der Waals surface area contributed by atoms with E-state index in [1.54, 1.807) is 0 Å². The number of hydrogen-bond acceptors (Lipinski definition) is 2. The van der Waals surface area contributed by atoms with Crippen molar-refractivity contribution in [2.75, 3.05) is 19.6 Å². The average Bonchev–Trinajstić information content (AvgIpc) is 2.04. The van der Waals surface area contributed by atoms with E-state index in [1.165, 1.54) is 38.9 Å². The van der Waals surface area contributed by atoms with Crippen LogP contribution >= 0.6 is 12.2 Å². The Morgan fingerprint density at radius 2 is 2.17 bits per heavy atom. The highest BCUT2D eigenvalue weighted by molar-refractivity contribution is 7.80. The molecule has 0 spiro atoms. The van der Waals surface area contributed by atoms with Crippen molar-refractivity contribution in [1.82, 2.24) is 4.90 Å². The number of fused-ring (bicyclic) bond motifs is 2. The predicted molar refractivity (Wildman–Crippen MR) is 54.1 cm³/mol. The van der Waals surface area contributed by atoms with Gasteiger partial charge in [-0.3, -0.25) is 0 Å². The first-order valence-electron chi connectivity index (χ1n) is 4.79. The molecule has 3 atom stereocenters. The molecule has 2 saturated heterocycles. The molecule has 2 bridgehead atoms. The Hall–Kier alpha value is -0.150. The molecule has 2 heterocycles. The molecule has 68 valence electrons. The van der Waals surface area contributed by atoms with E-state index in [1.807, 2.05) is 0 Å². The lowest BCUT2D eigenvalue weighted by molar-refractivity contribution is 0.101. The Morgan fingerprint density at radius 3 is 2.92 bits per heavy atom. The molecule has 2 fully saturated rings. The number of hydrogen-bond donors (Lipinski definition) is 1. The molecule has 0 aromatic heterocycles. The van der Waals surface area contributed by atoms with Gasteiger partial charge in [0.2, 0.25) is 0 Å². The minimum atomic E-state index is 0.538. The van der Waals surface area contributed by atoms with E-state index in [4.69, 9.17) is 18.0 Å². The molecule has 2 aliphatic heterocycles. The first-order valence-corrected chi connectivity index (χ1v) is 5.20.